The minimum Gasteiger partial charge on any atom is -0.355 e. The number of benzene rings is 3. The highest BCUT2D eigenvalue weighted by molar-refractivity contribution is 7.92. The lowest BCUT2D eigenvalue weighted by molar-refractivity contribution is -0.139. The monoisotopic (exact) mass is 541 g/mol. The Morgan fingerprint density at radius 3 is 2.32 bits per heavy atom. The van der Waals surface area contributed by atoms with Gasteiger partial charge in [0.15, 0.2) is 0 Å². The summed E-state index contributed by atoms with van der Waals surface area (Å²) in [6.07, 6.45) is 0. The van der Waals surface area contributed by atoms with Gasteiger partial charge in [0.2, 0.25) is 11.8 Å². The van der Waals surface area contributed by atoms with Crippen LogP contribution < -0.4 is 9.62 Å². The summed E-state index contributed by atoms with van der Waals surface area (Å²) in [5.41, 5.74) is 2.78. The highest BCUT2D eigenvalue weighted by Crippen LogP contribution is 2.30. The summed E-state index contributed by atoms with van der Waals surface area (Å²) < 4.78 is 28.7. The Labute approximate surface area is 224 Å². The molecule has 0 fully saturated rings. The molecule has 37 heavy (non-hydrogen) atoms. The fourth-order valence-electron chi connectivity index (χ4n) is 4.00. The number of rotatable bonds is 10. The number of halogens is 1. The summed E-state index contributed by atoms with van der Waals surface area (Å²) in [5, 5.41) is 3.09. The Hall–Kier alpha value is -3.36. The van der Waals surface area contributed by atoms with Gasteiger partial charge in [-0.15, -0.1) is 0 Å². The lowest BCUT2D eigenvalue weighted by Crippen LogP contribution is -2.51. The van der Waals surface area contributed by atoms with Crippen LogP contribution in [0.1, 0.15) is 30.5 Å². The largest absolute Gasteiger partial charge is 0.355 e. The molecular formula is C28H32ClN3O4S. The van der Waals surface area contributed by atoms with Gasteiger partial charge in [-0.3, -0.25) is 13.9 Å². The predicted octanol–water partition coefficient (Wildman–Crippen LogP) is 4.71. The maximum absolute atomic E-state index is 13.8. The first kappa shape index (κ1) is 28.2. The van der Waals surface area contributed by atoms with Crippen LogP contribution >= 0.6 is 11.6 Å². The SMILES string of the molecule is CCNC(=O)[C@@H](C)N(Cc1cccc(C)c1)C(=O)CN(c1cc(Cl)ccc1C)S(=O)(=O)c1ccccc1. The molecule has 9 heteroatoms. The van der Waals surface area contributed by atoms with Crippen LogP contribution in [-0.4, -0.2) is 44.3 Å². The molecule has 0 heterocycles. The van der Waals surface area contributed by atoms with Gasteiger partial charge in [0, 0.05) is 18.1 Å². The molecule has 7 nitrogen and oxygen atoms in total. The van der Waals surface area contributed by atoms with Gasteiger partial charge in [-0.1, -0.05) is 65.7 Å². The molecule has 0 saturated carbocycles. The van der Waals surface area contributed by atoms with Gasteiger partial charge in [-0.05, 0) is 63.1 Å². The summed E-state index contributed by atoms with van der Waals surface area (Å²) in [7, 11) is -4.13. The molecule has 3 aromatic carbocycles. The van der Waals surface area contributed by atoms with Gasteiger partial charge in [-0.25, -0.2) is 8.42 Å². The summed E-state index contributed by atoms with van der Waals surface area (Å²) >= 11 is 6.24. The third-order valence-corrected chi connectivity index (χ3v) is 8.01. The number of anilines is 1. The van der Waals surface area contributed by atoms with Crippen molar-refractivity contribution in [1.29, 1.82) is 0 Å². The smallest absolute Gasteiger partial charge is 0.264 e. The molecule has 1 N–H and O–H groups in total. The van der Waals surface area contributed by atoms with Gasteiger partial charge >= 0.3 is 0 Å². The fourth-order valence-corrected chi connectivity index (χ4v) is 5.65. The number of nitrogens with zero attached hydrogens (tertiary/aromatic N) is 2. The van der Waals surface area contributed by atoms with E-state index in [1.807, 2.05) is 31.2 Å². The molecule has 0 radical (unpaired) electrons. The second-order valence-corrected chi connectivity index (χ2v) is 11.1. The molecule has 0 spiro atoms. The van der Waals surface area contributed by atoms with Crippen molar-refractivity contribution >= 4 is 39.1 Å². The van der Waals surface area contributed by atoms with Gasteiger partial charge in [0.05, 0.1) is 10.6 Å². The topological polar surface area (TPSA) is 86.8 Å². The second-order valence-electron chi connectivity index (χ2n) is 8.84. The molecular weight excluding hydrogens is 510 g/mol. The normalized spacial score (nSPS) is 12.0. The molecule has 196 valence electrons. The first-order valence-corrected chi connectivity index (χ1v) is 13.8. The third kappa shape index (κ3) is 6.90. The van der Waals surface area contributed by atoms with Crippen LogP contribution in [0.5, 0.6) is 0 Å². The van der Waals surface area contributed by atoms with E-state index in [1.165, 1.54) is 23.1 Å². The molecule has 0 aromatic heterocycles. The van der Waals surface area contributed by atoms with Gasteiger partial charge in [-0.2, -0.15) is 0 Å². The molecule has 0 bridgehead atoms. The van der Waals surface area contributed by atoms with Gasteiger partial charge < -0.3 is 10.2 Å². The van der Waals surface area contributed by atoms with Crippen LogP contribution in [0.25, 0.3) is 0 Å². The lowest BCUT2D eigenvalue weighted by Gasteiger charge is -2.32. The zero-order valence-corrected chi connectivity index (χ0v) is 23.0. The number of aryl methyl sites for hydroxylation is 2. The zero-order valence-electron chi connectivity index (χ0n) is 21.4. The van der Waals surface area contributed by atoms with Crippen LogP contribution in [0.4, 0.5) is 5.69 Å². The van der Waals surface area contributed by atoms with Gasteiger partial charge in [0.1, 0.15) is 12.6 Å². The molecule has 3 rings (SSSR count). The quantitative estimate of drug-likeness (QED) is 0.403. The number of carbonyl (C=O) groups is 2. The van der Waals surface area contributed by atoms with Crippen LogP contribution in [0.15, 0.2) is 77.7 Å². The van der Waals surface area contributed by atoms with E-state index in [-0.39, 0.29) is 17.3 Å². The Balaban J connectivity index is 2.06. The maximum atomic E-state index is 13.8. The first-order valence-electron chi connectivity index (χ1n) is 12.0. The summed E-state index contributed by atoms with van der Waals surface area (Å²) in [6, 6.07) is 19.6. The lowest BCUT2D eigenvalue weighted by atomic mass is 10.1. The van der Waals surface area contributed by atoms with Crippen molar-refractivity contribution in [3.05, 3.63) is 94.5 Å². The summed E-state index contributed by atoms with van der Waals surface area (Å²) in [6.45, 7) is 7.18. The maximum Gasteiger partial charge on any atom is 0.264 e. The standard InChI is InChI=1S/C28H32ClN3O4S/c1-5-30-28(34)22(4)31(18-23-11-9-10-20(2)16-23)27(33)19-32(26-17-24(29)15-14-21(26)3)37(35,36)25-12-7-6-8-13-25/h6-17,22H,5,18-19H2,1-4H3,(H,30,34)/t22-/m1/s1. The Morgan fingerprint density at radius 1 is 0.973 bits per heavy atom. The second kappa shape index (κ2) is 12.3. The van der Waals surface area contributed by atoms with E-state index in [1.54, 1.807) is 51.1 Å². The van der Waals surface area contributed by atoms with E-state index in [4.69, 9.17) is 11.6 Å². The fraction of sp³-hybridized carbons (Fsp3) is 0.286. The first-order chi connectivity index (χ1) is 17.5. The minimum absolute atomic E-state index is 0.0455. The van der Waals surface area contributed by atoms with Crippen LogP contribution in [0.3, 0.4) is 0 Å². The number of carbonyl (C=O) groups excluding carboxylic acids is 2. The average Bonchev–Trinajstić information content (AvgIpc) is 2.87. The number of hydrogen-bond donors (Lipinski definition) is 1. The zero-order chi connectivity index (χ0) is 27.2. The molecule has 0 unspecified atom stereocenters. The van der Waals surface area contributed by atoms with Crippen molar-refractivity contribution in [3.63, 3.8) is 0 Å². The number of sulfonamides is 1. The van der Waals surface area contributed by atoms with Gasteiger partial charge in [0.25, 0.3) is 10.0 Å². The number of likely N-dealkylation sites (N-methyl/N-ethyl adjacent to an activating group) is 1. The molecule has 0 aliphatic rings. The van der Waals surface area contributed by atoms with Crippen molar-refractivity contribution in [2.75, 3.05) is 17.4 Å². The van der Waals surface area contributed by atoms with Crippen LogP contribution in [-0.2, 0) is 26.2 Å². The summed E-state index contributed by atoms with van der Waals surface area (Å²) in [5.74, 6) is -0.834. The van der Waals surface area contributed by atoms with Crippen molar-refractivity contribution in [1.82, 2.24) is 10.2 Å². The van der Waals surface area contributed by atoms with E-state index in [2.05, 4.69) is 5.32 Å². The highest BCUT2D eigenvalue weighted by Gasteiger charge is 2.33. The summed E-state index contributed by atoms with van der Waals surface area (Å²) in [4.78, 5) is 28.1. The van der Waals surface area contributed by atoms with E-state index in [0.29, 0.717) is 22.8 Å². The molecule has 0 aliphatic heterocycles. The van der Waals surface area contributed by atoms with Crippen molar-refractivity contribution < 1.29 is 18.0 Å². The molecule has 0 saturated heterocycles. The molecule has 0 aliphatic carbocycles. The van der Waals surface area contributed by atoms with Crippen molar-refractivity contribution in [2.45, 2.75) is 45.2 Å². The van der Waals surface area contributed by atoms with Crippen molar-refractivity contribution in [3.8, 4) is 0 Å². The predicted molar refractivity (Wildman–Crippen MR) is 147 cm³/mol. The van der Waals surface area contributed by atoms with Crippen LogP contribution in [0, 0.1) is 13.8 Å². The Morgan fingerprint density at radius 2 is 1.68 bits per heavy atom. The van der Waals surface area contributed by atoms with E-state index in [0.717, 1.165) is 15.4 Å². The van der Waals surface area contributed by atoms with E-state index < -0.39 is 28.5 Å². The van der Waals surface area contributed by atoms with Crippen molar-refractivity contribution in [2.24, 2.45) is 0 Å². The molecule has 3 aromatic rings. The number of amides is 2. The highest BCUT2D eigenvalue weighted by atomic mass is 35.5. The van der Waals surface area contributed by atoms with E-state index in [9.17, 15) is 18.0 Å². The third-order valence-electron chi connectivity index (χ3n) is 6.00. The average molecular weight is 542 g/mol. The molecule has 2 amide bonds. The van der Waals surface area contributed by atoms with E-state index >= 15 is 0 Å². The minimum atomic E-state index is -4.13. The number of nitrogens with one attached hydrogen (secondary N) is 1. The van der Waals surface area contributed by atoms with Crippen LogP contribution in [0.2, 0.25) is 5.02 Å². The Bertz CT molecular complexity index is 1360. The molecule has 1 atom stereocenters. The Kier molecular flexibility index (Phi) is 9.34. The number of hydrogen-bond acceptors (Lipinski definition) is 4.